The summed E-state index contributed by atoms with van der Waals surface area (Å²) in [6.45, 7) is 0. The number of hydrogen-bond acceptors (Lipinski definition) is 4. The van der Waals surface area contributed by atoms with E-state index < -0.39 is 5.97 Å². The molecule has 3 N–H and O–H groups in total. The van der Waals surface area contributed by atoms with Gasteiger partial charge in [0.2, 0.25) is 0 Å². The van der Waals surface area contributed by atoms with Crippen LogP contribution >= 0.6 is 0 Å². The molecule has 0 aliphatic carbocycles. The van der Waals surface area contributed by atoms with Gasteiger partial charge in [0.25, 0.3) is 0 Å². The number of rotatable bonds is 1. The summed E-state index contributed by atoms with van der Waals surface area (Å²) >= 11 is 0. The highest BCUT2D eigenvalue weighted by Crippen LogP contribution is 2.07. The largest absolute Gasteiger partial charge is 0.478 e. The molecule has 0 aromatic carbocycles. The molecule has 1 rings (SSSR count). The van der Waals surface area contributed by atoms with E-state index in [1.54, 1.807) is 6.07 Å². The maximum atomic E-state index is 10.5. The third-order valence-corrected chi connectivity index (χ3v) is 1.25. The first-order chi connectivity index (χ1) is 5.65. The van der Waals surface area contributed by atoms with Crippen LogP contribution in [-0.4, -0.2) is 16.1 Å². The second-order valence-corrected chi connectivity index (χ2v) is 2.05. The molecule has 1 heterocycles. The number of aromatic nitrogens is 1. The molecule has 0 atom stereocenters. The van der Waals surface area contributed by atoms with Crippen molar-refractivity contribution in [2.45, 2.75) is 0 Å². The van der Waals surface area contributed by atoms with E-state index in [0.717, 1.165) is 0 Å². The summed E-state index contributed by atoms with van der Waals surface area (Å²) in [7, 11) is 0. The zero-order valence-electron chi connectivity index (χ0n) is 5.98. The molecule has 0 bridgehead atoms. The summed E-state index contributed by atoms with van der Waals surface area (Å²) in [4.78, 5) is 14.0. The number of pyridine rings is 1. The zero-order chi connectivity index (χ0) is 9.14. The van der Waals surface area contributed by atoms with Gasteiger partial charge in [0, 0.05) is 0 Å². The Hall–Kier alpha value is -2.09. The van der Waals surface area contributed by atoms with E-state index in [1.165, 1.54) is 12.1 Å². The van der Waals surface area contributed by atoms with Crippen molar-refractivity contribution in [3.05, 3.63) is 23.4 Å². The SMILES string of the molecule is N#Cc1nc(N)ccc1C(=O)O. The number of nitriles is 1. The van der Waals surface area contributed by atoms with Crippen LogP contribution in [0.5, 0.6) is 0 Å². The van der Waals surface area contributed by atoms with Gasteiger partial charge in [-0.25, -0.2) is 9.78 Å². The molecule has 5 heteroatoms. The maximum Gasteiger partial charge on any atom is 0.338 e. The van der Waals surface area contributed by atoms with E-state index in [2.05, 4.69) is 4.98 Å². The number of nitrogen functional groups attached to an aromatic ring is 1. The Balaban J connectivity index is 3.32. The van der Waals surface area contributed by atoms with Gasteiger partial charge in [-0.05, 0) is 12.1 Å². The lowest BCUT2D eigenvalue weighted by molar-refractivity contribution is 0.0696. The highest BCUT2D eigenvalue weighted by atomic mass is 16.4. The fourth-order valence-corrected chi connectivity index (χ4v) is 0.732. The third kappa shape index (κ3) is 1.32. The monoisotopic (exact) mass is 163 g/mol. The van der Waals surface area contributed by atoms with E-state index in [1.807, 2.05) is 0 Å². The number of carboxylic acids is 1. The van der Waals surface area contributed by atoms with Crippen LogP contribution in [0.25, 0.3) is 0 Å². The number of carbonyl (C=O) groups is 1. The lowest BCUT2D eigenvalue weighted by Crippen LogP contribution is -2.03. The van der Waals surface area contributed by atoms with E-state index in [0.29, 0.717) is 0 Å². The normalized spacial score (nSPS) is 8.92. The lowest BCUT2D eigenvalue weighted by atomic mass is 10.2. The van der Waals surface area contributed by atoms with Crippen LogP contribution in [0.2, 0.25) is 0 Å². The van der Waals surface area contributed by atoms with Gasteiger partial charge in [0.1, 0.15) is 11.9 Å². The van der Waals surface area contributed by atoms with Crippen LogP contribution in [0.4, 0.5) is 5.82 Å². The predicted molar refractivity (Wildman–Crippen MR) is 40.3 cm³/mol. The van der Waals surface area contributed by atoms with Gasteiger partial charge in [-0.3, -0.25) is 0 Å². The van der Waals surface area contributed by atoms with Crippen molar-refractivity contribution < 1.29 is 9.90 Å². The van der Waals surface area contributed by atoms with Crippen molar-refractivity contribution in [2.24, 2.45) is 0 Å². The molecular weight excluding hydrogens is 158 g/mol. The van der Waals surface area contributed by atoms with E-state index in [-0.39, 0.29) is 17.1 Å². The van der Waals surface area contributed by atoms with Crippen LogP contribution in [0.1, 0.15) is 16.1 Å². The van der Waals surface area contributed by atoms with E-state index in [4.69, 9.17) is 16.1 Å². The molecule has 0 radical (unpaired) electrons. The number of anilines is 1. The van der Waals surface area contributed by atoms with Gasteiger partial charge in [-0.2, -0.15) is 5.26 Å². The highest BCUT2D eigenvalue weighted by Gasteiger charge is 2.10. The topological polar surface area (TPSA) is 100 Å². The second-order valence-electron chi connectivity index (χ2n) is 2.05. The first-order valence-corrected chi connectivity index (χ1v) is 3.05. The molecule has 12 heavy (non-hydrogen) atoms. The Bertz CT molecular complexity index is 367. The molecule has 0 aliphatic rings. The Labute approximate surface area is 68.1 Å². The van der Waals surface area contributed by atoms with Gasteiger partial charge in [-0.1, -0.05) is 0 Å². The van der Waals surface area contributed by atoms with E-state index in [9.17, 15) is 4.79 Å². The fourth-order valence-electron chi connectivity index (χ4n) is 0.732. The number of nitrogens with zero attached hydrogens (tertiary/aromatic N) is 2. The van der Waals surface area contributed by atoms with Crippen molar-refractivity contribution in [2.75, 3.05) is 5.73 Å². The van der Waals surface area contributed by atoms with Crippen molar-refractivity contribution in [1.29, 1.82) is 5.26 Å². The Morgan fingerprint density at radius 1 is 1.67 bits per heavy atom. The smallest absolute Gasteiger partial charge is 0.338 e. The minimum absolute atomic E-state index is 0.133. The molecule has 1 aromatic heterocycles. The van der Waals surface area contributed by atoms with Crippen molar-refractivity contribution in [3.8, 4) is 6.07 Å². The molecule has 0 unspecified atom stereocenters. The fraction of sp³-hybridized carbons (Fsp3) is 0. The molecule has 0 amide bonds. The van der Waals surface area contributed by atoms with Gasteiger partial charge in [-0.15, -0.1) is 0 Å². The van der Waals surface area contributed by atoms with Crippen LogP contribution < -0.4 is 5.73 Å². The Kier molecular flexibility index (Phi) is 1.92. The summed E-state index contributed by atoms with van der Waals surface area (Å²) < 4.78 is 0. The number of carboxylic acid groups (broad SMARTS) is 1. The average molecular weight is 163 g/mol. The van der Waals surface area contributed by atoms with Crippen molar-refractivity contribution in [3.63, 3.8) is 0 Å². The Morgan fingerprint density at radius 2 is 2.33 bits per heavy atom. The van der Waals surface area contributed by atoms with Crippen molar-refractivity contribution >= 4 is 11.8 Å². The summed E-state index contributed by atoms with van der Waals surface area (Å²) in [6, 6.07) is 4.24. The number of nitrogens with two attached hydrogens (primary N) is 1. The zero-order valence-corrected chi connectivity index (χ0v) is 5.98. The lowest BCUT2D eigenvalue weighted by Gasteiger charge is -1.96. The van der Waals surface area contributed by atoms with Gasteiger partial charge >= 0.3 is 5.97 Å². The van der Waals surface area contributed by atoms with Crippen molar-refractivity contribution in [1.82, 2.24) is 4.98 Å². The quantitative estimate of drug-likeness (QED) is 0.617. The molecule has 0 spiro atoms. The molecule has 0 saturated carbocycles. The second kappa shape index (κ2) is 2.88. The first kappa shape index (κ1) is 8.01. The predicted octanol–water partition coefficient (Wildman–Crippen LogP) is 0.234. The minimum atomic E-state index is -1.18. The number of hydrogen-bond donors (Lipinski definition) is 2. The van der Waals surface area contributed by atoms with Gasteiger partial charge in [0.15, 0.2) is 5.69 Å². The van der Waals surface area contributed by atoms with Crippen LogP contribution in [-0.2, 0) is 0 Å². The molecule has 5 nitrogen and oxygen atoms in total. The van der Waals surface area contributed by atoms with Crippen LogP contribution in [0, 0.1) is 11.3 Å². The van der Waals surface area contributed by atoms with Crippen LogP contribution in [0.15, 0.2) is 12.1 Å². The third-order valence-electron chi connectivity index (χ3n) is 1.25. The summed E-state index contributed by atoms with van der Waals surface area (Å²) in [5.41, 5.74) is 4.95. The highest BCUT2D eigenvalue weighted by molar-refractivity contribution is 5.90. The molecule has 60 valence electrons. The standard InChI is InChI=1S/C7H5N3O2/c8-3-5-4(7(11)12)1-2-6(9)10-5/h1-2H,(H2,9,10)(H,11,12). The number of aromatic carboxylic acids is 1. The first-order valence-electron chi connectivity index (χ1n) is 3.05. The summed E-state index contributed by atoms with van der Waals surface area (Å²) in [5, 5.41) is 17.0. The van der Waals surface area contributed by atoms with Gasteiger partial charge in [0.05, 0.1) is 5.56 Å². The summed E-state index contributed by atoms with van der Waals surface area (Å²) in [5.74, 6) is -1.05. The molecule has 0 saturated heterocycles. The van der Waals surface area contributed by atoms with Crippen LogP contribution in [0.3, 0.4) is 0 Å². The Morgan fingerprint density at radius 3 is 2.83 bits per heavy atom. The van der Waals surface area contributed by atoms with E-state index >= 15 is 0 Å². The molecule has 0 aliphatic heterocycles. The summed E-state index contributed by atoms with van der Waals surface area (Å²) in [6.07, 6.45) is 0. The molecule has 1 aromatic rings. The molecule has 0 fully saturated rings. The maximum absolute atomic E-state index is 10.5. The molecular formula is C7H5N3O2. The van der Waals surface area contributed by atoms with Gasteiger partial charge < -0.3 is 10.8 Å². The average Bonchev–Trinajstić information content (AvgIpc) is 2.03. The minimum Gasteiger partial charge on any atom is -0.478 e.